The summed E-state index contributed by atoms with van der Waals surface area (Å²) < 4.78 is 5.43. The van der Waals surface area contributed by atoms with Gasteiger partial charge in [-0.25, -0.2) is 9.98 Å². The Hall–Kier alpha value is -2.98. The van der Waals surface area contributed by atoms with Gasteiger partial charge in [0.25, 0.3) is 0 Å². The molecule has 1 saturated heterocycles. The predicted octanol–water partition coefficient (Wildman–Crippen LogP) is 2.44. The normalized spacial score (nSPS) is 18.6. The molecule has 0 aliphatic carbocycles. The number of rotatable bonds is 6. The van der Waals surface area contributed by atoms with Crippen LogP contribution in [0.15, 0.2) is 45.9 Å². The Kier molecular flexibility index (Phi) is 6.56. The first-order valence-corrected chi connectivity index (χ1v) is 9.50. The zero-order valence-electron chi connectivity index (χ0n) is 16.1. The highest BCUT2D eigenvalue weighted by molar-refractivity contribution is 5.99. The molecule has 2 aliphatic rings. The van der Waals surface area contributed by atoms with Crippen LogP contribution in [-0.4, -0.2) is 49.5 Å². The van der Waals surface area contributed by atoms with E-state index in [1.54, 1.807) is 12.1 Å². The third kappa shape index (κ3) is 4.84. The van der Waals surface area contributed by atoms with Gasteiger partial charge in [0.2, 0.25) is 5.91 Å². The van der Waals surface area contributed by atoms with Gasteiger partial charge in [-0.2, -0.15) is 5.26 Å². The third-order valence-electron chi connectivity index (χ3n) is 5.09. The first kappa shape index (κ1) is 19.8. The minimum Gasteiger partial charge on any atom is -0.381 e. The monoisotopic (exact) mass is 379 g/mol. The quantitative estimate of drug-likeness (QED) is 0.769. The second-order valence-electron chi connectivity index (χ2n) is 7.03. The van der Waals surface area contributed by atoms with Crippen LogP contribution >= 0.6 is 0 Å². The molecule has 2 heterocycles. The zero-order chi connectivity index (χ0) is 19.9. The number of carbonyl (C=O) groups is 1. The highest BCUT2D eigenvalue weighted by Crippen LogP contribution is 2.23. The molecule has 0 atom stereocenters. The van der Waals surface area contributed by atoms with E-state index in [4.69, 9.17) is 15.0 Å². The zero-order valence-corrected chi connectivity index (χ0v) is 16.1. The van der Waals surface area contributed by atoms with E-state index in [0.29, 0.717) is 23.1 Å². The fourth-order valence-corrected chi connectivity index (χ4v) is 3.46. The number of ether oxygens (including phenoxy) is 1. The Balaban J connectivity index is 1.84. The highest BCUT2D eigenvalue weighted by atomic mass is 16.5. The molecular weight excluding hydrogens is 354 g/mol. The Morgan fingerprint density at radius 2 is 2.21 bits per heavy atom. The maximum atomic E-state index is 12.1. The number of hydrogen-bond acceptors (Lipinski definition) is 6. The Bertz CT molecular complexity index is 847. The van der Waals surface area contributed by atoms with Crippen molar-refractivity contribution in [3.63, 3.8) is 0 Å². The van der Waals surface area contributed by atoms with E-state index >= 15 is 0 Å². The molecule has 28 heavy (non-hydrogen) atoms. The van der Waals surface area contributed by atoms with Crippen molar-refractivity contribution >= 4 is 18.3 Å². The van der Waals surface area contributed by atoms with Crippen LogP contribution in [0.1, 0.15) is 37.3 Å². The van der Waals surface area contributed by atoms with Crippen LogP contribution in [-0.2, 0) is 9.53 Å². The molecule has 0 bridgehead atoms. The Morgan fingerprint density at radius 3 is 2.93 bits per heavy atom. The van der Waals surface area contributed by atoms with Crippen molar-refractivity contribution in [2.45, 2.75) is 26.2 Å². The van der Waals surface area contributed by atoms with Crippen LogP contribution in [0.25, 0.3) is 0 Å². The van der Waals surface area contributed by atoms with Gasteiger partial charge in [0.15, 0.2) is 11.6 Å². The van der Waals surface area contributed by atoms with E-state index in [2.05, 4.69) is 23.1 Å². The summed E-state index contributed by atoms with van der Waals surface area (Å²) in [4.78, 5) is 22.8. The van der Waals surface area contributed by atoms with Gasteiger partial charge < -0.3 is 15.0 Å². The average molecular weight is 379 g/mol. The average Bonchev–Trinajstić information content (AvgIpc) is 2.74. The Morgan fingerprint density at radius 1 is 1.43 bits per heavy atom. The number of nitrogens with one attached hydrogen (secondary N) is 1. The lowest BCUT2D eigenvalue weighted by molar-refractivity contribution is -0.122. The number of benzene rings is 1. The van der Waals surface area contributed by atoms with Crippen molar-refractivity contribution < 1.29 is 9.53 Å². The van der Waals surface area contributed by atoms with Crippen molar-refractivity contribution in [1.29, 1.82) is 5.26 Å². The van der Waals surface area contributed by atoms with E-state index in [9.17, 15) is 4.79 Å². The standard InChI is InChI=1S/C21H25N5O2/c1-15(18-5-3-4-17(12-18)13-22)24-21-20(23-2)25-19(27)14-26(21)9-6-16-7-10-28-11-8-16/h3-5,12,16H,2,6-11,14H2,1H3,(H,25,27)/b24-15+. The Labute approximate surface area is 165 Å². The van der Waals surface area contributed by atoms with Crippen molar-refractivity contribution in [3.8, 4) is 6.07 Å². The molecule has 3 rings (SSSR count). The molecule has 0 saturated carbocycles. The number of nitrogens with zero attached hydrogens (tertiary/aromatic N) is 4. The fourth-order valence-electron chi connectivity index (χ4n) is 3.46. The molecule has 1 aromatic rings. The maximum absolute atomic E-state index is 12.1. The largest absolute Gasteiger partial charge is 0.381 e. The maximum Gasteiger partial charge on any atom is 0.245 e. The number of amides is 1. The van der Waals surface area contributed by atoms with Crippen LogP contribution in [0.5, 0.6) is 0 Å². The SMILES string of the molecule is C=NC1=C(/N=C(\C)c2cccc(C#N)c2)N(CCC2CCOCC2)CC(=O)N1. The van der Waals surface area contributed by atoms with Gasteiger partial charge in [-0.1, -0.05) is 12.1 Å². The van der Waals surface area contributed by atoms with Gasteiger partial charge in [-0.15, -0.1) is 0 Å². The number of carbonyl (C=O) groups excluding carboxylic acids is 1. The summed E-state index contributed by atoms with van der Waals surface area (Å²) in [6.07, 6.45) is 3.08. The molecular formula is C21H25N5O2. The number of hydrogen-bond donors (Lipinski definition) is 1. The minimum atomic E-state index is -0.113. The van der Waals surface area contributed by atoms with Crippen LogP contribution in [0, 0.1) is 17.2 Å². The van der Waals surface area contributed by atoms with Crippen LogP contribution < -0.4 is 5.32 Å². The summed E-state index contributed by atoms with van der Waals surface area (Å²) in [6.45, 7) is 8.05. The first-order valence-electron chi connectivity index (χ1n) is 9.50. The second kappa shape index (κ2) is 9.29. The molecule has 1 N–H and O–H groups in total. The van der Waals surface area contributed by atoms with Crippen molar-refractivity contribution in [3.05, 3.63) is 47.0 Å². The summed E-state index contributed by atoms with van der Waals surface area (Å²) in [5.41, 5.74) is 2.19. The highest BCUT2D eigenvalue weighted by Gasteiger charge is 2.26. The van der Waals surface area contributed by atoms with Crippen LogP contribution in [0.3, 0.4) is 0 Å². The molecule has 7 nitrogen and oxygen atoms in total. The van der Waals surface area contributed by atoms with Crippen molar-refractivity contribution in [1.82, 2.24) is 10.2 Å². The molecule has 0 aromatic heterocycles. The number of nitriles is 1. The summed E-state index contributed by atoms with van der Waals surface area (Å²) in [5.74, 6) is 1.47. The molecule has 1 fully saturated rings. The molecule has 1 aromatic carbocycles. The summed E-state index contributed by atoms with van der Waals surface area (Å²) in [5, 5.41) is 11.9. The predicted molar refractivity (Wildman–Crippen MR) is 108 cm³/mol. The van der Waals surface area contributed by atoms with Gasteiger partial charge in [-0.05, 0) is 56.5 Å². The lowest BCUT2D eigenvalue weighted by Gasteiger charge is -2.32. The van der Waals surface area contributed by atoms with Gasteiger partial charge >= 0.3 is 0 Å². The molecule has 2 aliphatic heterocycles. The third-order valence-corrected chi connectivity index (χ3v) is 5.09. The summed E-state index contributed by atoms with van der Waals surface area (Å²) >= 11 is 0. The van der Waals surface area contributed by atoms with Gasteiger partial charge in [-0.3, -0.25) is 4.79 Å². The molecule has 146 valence electrons. The van der Waals surface area contributed by atoms with Crippen LogP contribution in [0.4, 0.5) is 0 Å². The van der Waals surface area contributed by atoms with E-state index in [1.165, 1.54) is 0 Å². The van der Waals surface area contributed by atoms with E-state index in [1.807, 2.05) is 24.0 Å². The van der Waals surface area contributed by atoms with Gasteiger partial charge in [0.05, 0.1) is 18.2 Å². The fraction of sp³-hybridized carbons (Fsp3) is 0.429. The van der Waals surface area contributed by atoms with E-state index in [-0.39, 0.29) is 12.5 Å². The minimum absolute atomic E-state index is 0.113. The van der Waals surface area contributed by atoms with Crippen LogP contribution in [0.2, 0.25) is 0 Å². The lowest BCUT2D eigenvalue weighted by atomic mass is 9.96. The smallest absolute Gasteiger partial charge is 0.245 e. The number of aliphatic imine (C=N–C) groups is 2. The van der Waals surface area contributed by atoms with E-state index < -0.39 is 0 Å². The molecule has 0 radical (unpaired) electrons. The lowest BCUT2D eigenvalue weighted by Crippen LogP contribution is -2.43. The van der Waals surface area contributed by atoms with E-state index in [0.717, 1.165) is 50.3 Å². The van der Waals surface area contributed by atoms with Crippen molar-refractivity contribution in [2.75, 3.05) is 26.3 Å². The first-order chi connectivity index (χ1) is 13.6. The van der Waals surface area contributed by atoms with Crippen molar-refractivity contribution in [2.24, 2.45) is 15.9 Å². The van der Waals surface area contributed by atoms with Gasteiger partial charge in [0, 0.05) is 25.5 Å². The topological polar surface area (TPSA) is 90.1 Å². The molecule has 0 spiro atoms. The summed E-state index contributed by atoms with van der Waals surface area (Å²) in [7, 11) is 0. The molecule has 1 amide bonds. The van der Waals surface area contributed by atoms with Gasteiger partial charge in [0.1, 0.15) is 0 Å². The summed E-state index contributed by atoms with van der Waals surface area (Å²) in [6, 6.07) is 9.45. The molecule has 0 unspecified atom stereocenters. The molecule has 7 heteroatoms. The second-order valence-corrected chi connectivity index (χ2v) is 7.03.